The molecule has 0 unspecified atom stereocenters. The lowest BCUT2D eigenvalue weighted by atomic mass is 9.84. The van der Waals surface area contributed by atoms with E-state index in [1.807, 2.05) is 30.3 Å². The monoisotopic (exact) mass is 354 g/mol. The molecular formula is C19H22N4O3. The zero-order valence-corrected chi connectivity index (χ0v) is 14.5. The number of nitrogens with zero attached hydrogens (tertiary/aromatic N) is 4. The second-order valence-corrected chi connectivity index (χ2v) is 7.20. The molecule has 1 aliphatic carbocycles. The smallest absolute Gasteiger partial charge is 0.326 e. The number of amides is 1. The summed E-state index contributed by atoms with van der Waals surface area (Å²) in [6.07, 6.45) is 6.19. The quantitative estimate of drug-likeness (QED) is 0.909. The molecule has 2 aromatic rings. The molecule has 1 amide bonds. The highest BCUT2D eigenvalue weighted by molar-refractivity contribution is 5.95. The highest BCUT2D eigenvalue weighted by Gasteiger charge is 2.48. The van der Waals surface area contributed by atoms with Crippen LogP contribution in [0.5, 0.6) is 0 Å². The summed E-state index contributed by atoms with van der Waals surface area (Å²) < 4.78 is 1.62. The lowest BCUT2D eigenvalue weighted by molar-refractivity contribution is -0.141. The molecule has 1 aromatic heterocycles. The van der Waals surface area contributed by atoms with E-state index in [0.29, 0.717) is 13.0 Å². The van der Waals surface area contributed by atoms with E-state index in [4.69, 9.17) is 0 Å². The van der Waals surface area contributed by atoms with Crippen LogP contribution < -0.4 is 0 Å². The van der Waals surface area contributed by atoms with Crippen LogP contribution in [0.15, 0.2) is 36.5 Å². The molecule has 2 aliphatic rings. The minimum Gasteiger partial charge on any atom is -0.480 e. The zero-order valence-electron chi connectivity index (χ0n) is 14.5. The highest BCUT2D eigenvalue weighted by Crippen LogP contribution is 2.40. The molecule has 7 heteroatoms. The number of aromatic nitrogens is 3. The van der Waals surface area contributed by atoms with Crippen molar-refractivity contribution in [3.05, 3.63) is 47.8 Å². The fourth-order valence-electron chi connectivity index (χ4n) is 4.35. The van der Waals surface area contributed by atoms with Gasteiger partial charge in [0.1, 0.15) is 6.04 Å². The summed E-state index contributed by atoms with van der Waals surface area (Å²) in [4.78, 5) is 26.3. The Bertz CT molecular complexity index is 804. The van der Waals surface area contributed by atoms with Gasteiger partial charge >= 0.3 is 5.97 Å². The molecular weight excluding hydrogens is 332 g/mol. The van der Waals surface area contributed by atoms with Gasteiger partial charge in [-0.05, 0) is 30.7 Å². The zero-order chi connectivity index (χ0) is 18.1. The predicted molar refractivity (Wildman–Crippen MR) is 93.5 cm³/mol. The van der Waals surface area contributed by atoms with Gasteiger partial charge in [-0.25, -0.2) is 9.48 Å². The maximum absolute atomic E-state index is 13.0. The molecule has 3 atom stereocenters. The first-order chi connectivity index (χ1) is 12.6. The van der Waals surface area contributed by atoms with E-state index in [0.717, 1.165) is 31.2 Å². The van der Waals surface area contributed by atoms with E-state index in [1.165, 1.54) is 0 Å². The summed E-state index contributed by atoms with van der Waals surface area (Å²) in [7, 11) is 0. The van der Waals surface area contributed by atoms with Gasteiger partial charge in [0.15, 0.2) is 5.69 Å². The summed E-state index contributed by atoms with van der Waals surface area (Å²) >= 11 is 0. The average molecular weight is 354 g/mol. The summed E-state index contributed by atoms with van der Waals surface area (Å²) in [6.45, 7) is 0.523. The van der Waals surface area contributed by atoms with Crippen molar-refractivity contribution >= 4 is 11.9 Å². The molecule has 0 radical (unpaired) electrons. The van der Waals surface area contributed by atoms with Gasteiger partial charge in [-0.3, -0.25) is 4.79 Å². The topological polar surface area (TPSA) is 88.3 Å². The molecule has 2 heterocycles. The number of carboxylic acids is 1. The second-order valence-electron chi connectivity index (χ2n) is 7.20. The van der Waals surface area contributed by atoms with Crippen molar-refractivity contribution < 1.29 is 14.7 Å². The number of hydrogen-bond acceptors (Lipinski definition) is 4. The number of fused-ring (bicyclic) bond motifs is 1. The molecule has 0 bridgehead atoms. The molecule has 2 fully saturated rings. The number of hydrogen-bond donors (Lipinski definition) is 1. The molecule has 1 saturated heterocycles. The van der Waals surface area contributed by atoms with Crippen LogP contribution >= 0.6 is 0 Å². The Kier molecular flexibility index (Phi) is 4.44. The van der Waals surface area contributed by atoms with Crippen LogP contribution in [-0.2, 0) is 11.3 Å². The van der Waals surface area contributed by atoms with E-state index >= 15 is 0 Å². The normalized spacial score (nSPS) is 25.1. The lowest BCUT2D eigenvalue weighted by Crippen LogP contribution is -2.46. The molecule has 1 N–H and O–H groups in total. The number of aliphatic carboxylic acids is 1. The highest BCUT2D eigenvalue weighted by atomic mass is 16.4. The Balaban J connectivity index is 1.55. The van der Waals surface area contributed by atoms with E-state index in [1.54, 1.807) is 15.8 Å². The van der Waals surface area contributed by atoms with Gasteiger partial charge in [-0.2, -0.15) is 0 Å². The number of carboxylic acid groups (broad SMARTS) is 1. The van der Waals surface area contributed by atoms with Crippen molar-refractivity contribution in [1.29, 1.82) is 0 Å². The number of carbonyl (C=O) groups is 2. The molecule has 1 aliphatic heterocycles. The van der Waals surface area contributed by atoms with Gasteiger partial charge in [0, 0.05) is 6.04 Å². The van der Waals surface area contributed by atoms with Crippen LogP contribution in [0.1, 0.15) is 48.2 Å². The third-order valence-corrected chi connectivity index (χ3v) is 5.55. The standard InChI is InChI=1S/C19H22N4O3/c24-18(15-12-22(21-20-15)11-13-6-2-1-3-7-13)23-16-9-5-4-8-14(16)10-17(23)19(25)26/h1-3,6-7,12,14,16-17H,4-5,8-11H2,(H,25,26)/t14-,16-,17+/m1/s1. The number of benzene rings is 1. The first-order valence-corrected chi connectivity index (χ1v) is 9.13. The van der Waals surface area contributed by atoms with Gasteiger partial charge in [-0.1, -0.05) is 48.4 Å². The minimum absolute atomic E-state index is 0.0108. The Hall–Kier alpha value is -2.70. The largest absolute Gasteiger partial charge is 0.480 e. The minimum atomic E-state index is -0.926. The number of likely N-dealkylation sites (tertiary alicyclic amines) is 1. The van der Waals surface area contributed by atoms with Crippen molar-refractivity contribution in [2.24, 2.45) is 5.92 Å². The van der Waals surface area contributed by atoms with Crippen molar-refractivity contribution in [3.8, 4) is 0 Å². The van der Waals surface area contributed by atoms with Gasteiger partial charge in [-0.15, -0.1) is 5.10 Å². The molecule has 136 valence electrons. The van der Waals surface area contributed by atoms with Gasteiger partial charge in [0.25, 0.3) is 5.91 Å². The maximum atomic E-state index is 13.0. The van der Waals surface area contributed by atoms with Crippen LogP contribution in [0.25, 0.3) is 0 Å². The molecule has 0 spiro atoms. The fraction of sp³-hybridized carbons (Fsp3) is 0.474. The summed E-state index contributed by atoms with van der Waals surface area (Å²) in [5, 5.41) is 17.7. The van der Waals surface area contributed by atoms with Crippen LogP contribution in [0.4, 0.5) is 0 Å². The second kappa shape index (κ2) is 6.90. The van der Waals surface area contributed by atoms with Crippen LogP contribution in [0.3, 0.4) is 0 Å². The molecule has 4 rings (SSSR count). The number of rotatable bonds is 4. The SMILES string of the molecule is O=C(O)[C@@H]1C[C@H]2CCCC[C@H]2N1C(=O)c1cn(Cc2ccccc2)nn1. The fourth-order valence-corrected chi connectivity index (χ4v) is 4.35. The molecule has 26 heavy (non-hydrogen) atoms. The molecule has 7 nitrogen and oxygen atoms in total. The van der Waals surface area contributed by atoms with E-state index in [9.17, 15) is 14.7 Å². The van der Waals surface area contributed by atoms with Crippen molar-refractivity contribution in [2.75, 3.05) is 0 Å². The van der Waals surface area contributed by atoms with Crippen LogP contribution in [0, 0.1) is 5.92 Å². The van der Waals surface area contributed by atoms with Crippen molar-refractivity contribution in [2.45, 2.75) is 50.7 Å². The lowest BCUT2D eigenvalue weighted by Gasteiger charge is -2.32. The number of carbonyl (C=O) groups excluding carboxylic acids is 1. The van der Waals surface area contributed by atoms with Gasteiger partial charge in [0.05, 0.1) is 12.7 Å². The van der Waals surface area contributed by atoms with E-state index in [2.05, 4.69) is 10.3 Å². The van der Waals surface area contributed by atoms with E-state index < -0.39 is 12.0 Å². The maximum Gasteiger partial charge on any atom is 0.326 e. The summed E-state index contributed by atoms with van der Waals surface area (Å²) in [5.74, 6) is -0.955. The Morgan fingerprint density at radius 2 is 1.92 bits per heavy atom. The Morgan fingerprint density at radius 1 is 1.15 bits per heavy atom. The molecule has 1 aromatic carbocycles. The van der Waals surface area contributed by atoms with Gasteiger partial charge in [0.2, 0.25) is 0 Å². The predicted octanol–water partition coefficient (Wildman–Crippen LogP) is 2.18. The van der Waals surface area contributed by atoms with Crippen LogP contribution in [0.2, 0.25) is 0 Å². The first-order valence-electron chi connectivity index (χ1n) is 9.13. The van der Waals surface area contributed by atoms with Crippen LogP contribution in [-0.4, -0.2) is 49.0 Å². The first kappa shape index (κ1) is 16.8. The average Bonchev–Trinajstić information content (AvgIpc) is 3.26. The van der Waals surface area contributed by atoms with Crippen molar-refractivity contribution in [3.63, 3.8) is 0 Å². The van der Waals surface area contributed by atoms with Gasteiger partial charge < -0.3 is 10.0 Å². The Morgan fingerprint density at radius 3 is 2.69 bits per heavy atom. The molecule has 1 saturated carbocycles. The third kappa shape index (κ3) is 3.09. The summed E-state index contributed by atoms with van der Waals surface area (Å²) in [5.41, 5.74) is 1.28. The summed E-state index contributed by atoms with van der Waals surface area (Å²) in [6, 6.07) is 9.06. The van der Waals surface area contributed by atoms with E-state index in [-0.39, 0.29) is 23.6 Å². The Labute approximate surface area is 151 Å². The third-order valence-electron chi connectivity index (χ3n) is 5.55. The van der Waals surface area contributed by atoms with Crippen molar-refractivity contribution in [1.82, 2.24) is 19.9 Å².